The van der Waals surface area contributed by atoms with Crippen LogP contribution in [0.2, 0.25) is 0 Å². The van der Waals surface area contributed by atoms with E-state index in [2.05, 4.69) is 170 Å². The van der Waals surface area contributed by atoms with E-state index < -0.39 is 0 Å². The van der Waals surface area contributed by atoms with Gasteiger partial charge in [0.15, 0.2) is 0 Å². The van der Waals surface area contributed by atoms with Gasteiger partial charge in [-0.1, -0.05) is 158 Å². The predicted molar refractivity (Wildman–Crippen MR) is 224 cm³/mol. The zero-order valence-electron chi connectivity index (χ0n) is 27.6. The van der Waals surface area contributed by atoms with Crippen molar-refractivity contribution in [2.45, 2.75) is 0 Å². The van der Waals surface area contributed by atoms with Crippen LogP contribution in [0.25, 0.3) is 118 Å². The summed E-state index contributed by atoms with van der Waals surface area (Å²) >= 11 is 1.93. The highest BCUT2D eigenvalue weighted by Gasteiger charge is 2.20. The summed E-state index contributed by atoms with van der Waals surface area (Å²) in [6.45, 7) is 0. The summed E-state index contributed by atoms with van der Waals surface area (Å²) in [4.78, 5) is 0. The molecule has 12 aromatic rings. The smallest absolute Gasteiger partial charge is 0.0368 e. The quantitative estimate of drug-likeness (QED) is 0.162. The Balaban J connectivity index is 1.20. The SMILES string of the molecule is c1ccc(-c2ccc3ccc4c(-c5cc6sc7ccc8c9ccccc9c9ccccc9c8c7c6c6ccccc56)ccc5ccc2c3c54)cc1. The minimum atomic E-state index is 1.25. The van der Waals surface area contributed by atoms with Crippen LogP contribution in [-0.2, 0) is 0 Å². The van der Waals surface area contributed by atoms with E-state index in [9.17, 15) is 0 Å². The van der Waals surface area contributed by atoms with Crippen LogP contribution in [0.15, 0.2) is 170 Å². The Morgan fingerprint density at radius 2 is 0.745 bits per heavy atom. The van der Waals surface area contributed by atoms with E-state index in [-0.39, 0.29) is 0 Å². The molecule has 1 heterocycles. The zero-order chi connectivity index (χ0) is 33.2. The number of benzene rings is 11. The summed E-state index contributed by atoms with van der Waals surface area (Å²) in [5, 5.41) is 21.2. The summed E-state index contributed by atoms with van der Waals surface area (Å²) in [7, 11) is 0. The topological polar surface area (TPSA) is 0 Å². The Labute approximate surface area is 297 Å². The van der Waals surface area contributed by atoms with Crippen molar-refractivity contribution in [1.29, 1.82) is 0 Å². The highest BCUT2D eigenvalue weighted by molar-refractivity contribution is 7.26. The Hall–Kier alpha value is -6.28. The molecule has 0 bridgehead atoms. The maximum absolute atomic E-state index is 2.49. The molecule has 12 rings (SSSR count). The fourth-order valence-electron chi connectivity index (χ4n) is 9.24. The summed E-state index contributed by atoms with van der Waals surface area (Å²) in [5.41, 5.74) is 5.13. The molecule has 234 valence electrons. The second-order valence-electron chi connectivity index (χ2n) is 13.9. The lowest BCUT2D eigenvalue weighted by Gasteiger charge is -2.17. The second-order valence-corrected chi connectivity index (χ2v) is 15.0. The van der Waals surface area contributed by atoms with Crippen molar-refractivity contribution in [3.8, 4) is 22.3 Å². The molecular weight excluding hydrogens is 633 g/mol. The van der Waals surface area contributed by atoms with Gasteiger partial charge < -0.3 is 0 Å². The minimum Gasteiger partial charge on any atom is -0.135 e. The van der Waals surface area contributed by atoms with Crippen molar-refractivity contribution in [3.05, 3.63) is 170 Å². The van der Waals surface area contributed by atoms with Gasteiger partial charge >= 0.3 is 0 Å². The first-order chi connectivity index (χ1) is 25.3. The van der Waals surface area contributed by atoms with Crippen LogP contribution in [0.1, 0.15) is 0 Å². The van der Waals surface area contributed by atoms with Crippen molar-refractivity contribution < 1.29 is 0 Å². The molecule has 0 nitrogen and oxygen atoms in total. The van der Waals surface area contributed by atoms with E-state index in [0.717, 1.165) is 0 Å². The third-order valence-corrected chi connectivity index (χ3v) is 12.5. The van der Waals surface area contributed by atoms with E-state index in [0.29, 0.717) is 0 Å². The maximum atomic E-state index is 2.49. The third kappa shape index (κ3) is 3.68. The van der Waals surface area contributed by atoms with Crippen molar-refractivity contribution >= 4 is 107 Å². The van der Waals surface area contributed by atoms with Gasteiger partial charge in [0, 0.05) is 20.2 Å². The maximum Gasteiger partial charge on any atom is 0.0368 e. The molecule has 0 fully saturated rings. The van der Waals surface area contributed by atoms with Gasteiger partial charge in [-0.2, -0.15) is 0 Å². The van der Waals surface area contributed by atoms with Crippen LogP contribution in [0.5, 0.6) is 0 Å². The minimum absolute atomic E-state index is 1.25. The summed E-state index contributed by atoms with van der Waals surface area (Å²) in [6.07, 6.45) is 0. The van der Waals surface area contributed by atoms with Crippen molar-refractivity contribution in [1.82, 2.24) is 0 Å². The van der Waals surface area contributed by atoms with Crippen LogP contribution in [0.4, 0.5) is 0 Å². The molecule has 0 aliphatic rings. The fraction of sp³-hybridized carbons (Fsp3) is 0. The van der Waals surface area contributed by atoms with Crippen molar-refractivity contribution in [3.63, 3.8) is 0 Å². The van der Waals surface area contributed by atoms with Gasteiger partial charge in [-0.15, -0.1) is 11.3 Å². The first-order valence-electron chi connectivity index (χ1n) is 17.7. The molecule has 0 atom stereocenters. The van der Waals surface area contributed by atoms with E-state index in [4.69, 9.17) is 0 Å². The predicted octanol–water partition coefficient (Wildman–Crippen LogP) is 14.9. The van der Waals surface area contributed by atoms with Crippen molar-refractivity contribution in [2.24, 2.45) is 0 Å². The molecule has 0 spiro atoms. The van der Waals surface area contributed by atoms with E-state index in [1.165, 1.54) is 118 Å². The molecule has 1 aromatic heterocycles. The van der Waals surface area contributed by atoms with Crippen LogP contribution >= 0.6 is 11.3 Å². The highest BCUT2D eigenvalue weighted by atomic mass is 32.1. The lowest BCUT2D eigenvalue weighted by atomic mass is 9.86. The molecule has 0 aliphatic carbocycles. The van der Waals surface area contributed by atoms with E-state index in [1.54, 1.807) is 0 Å². The van der Waals surface area contributed by atoms with Gasteiger partial charge in [0.1, 0.15) is 0 Å². The van der Waals surface area contributed by atoms with Crippen LogP contribution in [-0.4, -0.2) is 0 Å². The van der Waals surface area contributed by atoms with Gasteiger partial charge in [-0.25, -0.2) is 0 Å². The van der Waals surface area contributed by atoms with E-state index in [1.807, 2.05) is 11.3 Å². The average Bonchev–Trinajstić information content (AvgIpc) is 3.59. The number of fused-ring (bicyclic) bond motifs is 12. The highest BCUT2D eigenvalue weighted by Crippen LogP contribution is 2.50. The largest absolute Gasteiger partial charge is 0.135 e. The standard InChI is InChI=1S/C50H28S/c1-2-10-29(11-3-1)32-22-18-30-21-25-41-37(23-19-31-20-24-40(32)46(30)47(31)41)43-28-45-49(39-17-9-7-15-36(39)43)50-44(51-45)27-26-42-35-14-5-4-12-33(35)34-13-6-8-16-38(34)48(42)50/h1-28H. The zero-order valence-corrected chi connectivity index (χ0v) is 28.4. The first-order valence-corrected chi connectivity index (χ1v) is 18.5. The molecule has 0 saturated heterocycles. The van der Waals surface area contributed by atoms with Crippen LogP contribution in [0, 0.1) is 0 Å². The van der Waals surface area contributed by atoms with Gasteiger partial charge in [0.05, 0.1) is 0 Å². The Bertz CT molecular complexity index is 3370. The van der Waals surface area contributed by atoms with Crippen molar-refractivity contribution in [2.75, 3.05) is 0 Å². The van der Waals surface area contributed by atoms with E-state index >= 15 is 0 Å². The van der Waals surface area contributed by atoms with Gasteiger partial charge in [0.2, 0.25) is 0 Å². The number of rotatable bonds is 2. The first kappa shape index (κ1) is 27.5. The lowest BCUT2D eigenvalue weighted by molar-refractivity contribution is 1.66. The summed E-state index contributed by atoms with van der Waals surface area (Å²) < 4.78 is 2.67. The Morgan fingerprint density at radius 3 is 1.43 bits per heavy atom. The van der Waals surface area contributed by atoms with Gasteiger partial charge in [0.25, 0.3) is 0 Å². The number of thiophene rings is 1. The molecule has 11 aromatic carbocycles. The number of hydrogen-bond acceptors (Lipinski definition) is 1. The molecule has 0 radical (unpaired) electrons. The average molecular weight is 661 g/mol. The summed E-state index contributed by atoms with van der Waals surface area (Å²) in [6, 6.07) is 63.6. The molecule has 1 heteroatoms. The third-order valence-electron chi connectivity index (χ3n) is 11.4. The monoisotopic (exact) mass is 660 g/mol. The molecule has 0 aliphatic heterocycles. The molecule has 0 saturated carbocycles. The second kappa shape index (κ2) is 10.1. The molecule has 0 N–H and O–H groups in total. The molecular formula is C50H28S. The summed E-state index contributed by atoms with van der Waals surface area (Å²) in [5.74, 6) is 0. The fourth-order valence-corrected chi connectivity index (χ4v) is 10.4. The van der Waals surface area contributed by atoms with Gasteiger partial charge in [-0.3, -0.25) is 0 Å². The van der Waals surface area contributed by atoms with Gasteiger partial charge in [-0.05, 0) is 110 Å². The molecule has 51 heavy (non-hydrogen) atoms. The normalized spacial score (nSPS) is 12.3. The van der Waals surface area contributed by atoms with Crippen LogP contribution in [0.3, 0.4) is 0 Å². The molecule has 0 amide bonds. The Morgan fingerprint density at radius 1 is 0.255 bits per heavy atom. The van der Waals surface area contributed by atoms with Crippen LogP contribution < -0.4 is 0 Å². The number of hydrogen-bond donors (Lipinski definition) is 0. The lowest BCUT2D eigenvalue weighted by Crippen LogP contribution is -1.90. The molecule has 0 unspecified atom stereocenters. The Kier molecular flexibility index (Phi) is 5.47.